The second-order valence-corrected chi connectivity index (χ2v) is 37.8. The number of nitrogen functional groups attached to an aromatic ring is 5. The Bertz CT molecular complexity index is 7650. The molecule has 15 aromatic rings. The summed E-state index contributed by atoms with van der Waals surface area (Å²) in [6.45, 7) is 31.8. The topological polar surface area (TPSA) is 480 Å². The van der Waals surface area contributed by atoms with Crippen LogP contribution in [0.2, 0.25) is 25.8 Å². The summed E-state index contributed by atoms with van der Waals surface area (Å²) >= 11 is 31.4. The first-order chi connectivity index (χ1) is 66.6. The first-order valence-electron chi connectivity index (χ1n) is 45.9. The van der Waals surface area contributed by atoms with Crippen LogP contribution in [0.4, 0.5) is 29.7 Å². The van der Waals surface area contributed by atoms with Crippen LogP contribution >= 0.6 is 58.0 Å². The predicted octanol–water partition coefficient (Wildman–Crippen LogP) is 16.8. The average molecular weight is 2010 g/mol. The second-order valence-electron chi connectivity index (χ2n) is 36.0. The van der Waals surface area contributed by atoms with Gasteiger partial charge in [0, 0.05) is 145 Å². The van der Waals surface area contributed by atoms with Gasteiger partial charge in [0.15, 0.2) is 55.4 Å². The first kappa shape index (κ1) is 104. The molecule has 0 unspecified atom stereocenters. The van der Waals surface area contributed by atoms with Gasteiger partial charge in [-0.15, -0.1) is 0 Å². The van der Waals surface area contributed by atoms with Crippen molar-refractivity contribution in [2.45, 2.75) is 219 Å². The molecular formula is C100H116Cl5N25O10. The van der Waals surface area contributed by atoms with E-state index in [1.54, 1.807) is 72.7 Å². The summed E-state index contributed by atoms with van der Waals surface area (Å²) in [5.74, 6) is 5.42. The summed E-state index contributed by atoms with van der Waals surface area (Å²) in [6, 6.07) is 0. The molecule has 736 valence electrons. The Kier molecular flexibility index (Phi) is 33.0. The van der Waals surface area contributed by atoms with Crippen molar-refractivity contribution in [3.63, 3.8) is 0 Å². The van der Waals surface area contributed by atoms with E-state index in [1.807, 2.05) is 138 Å². The maximum atomic E-state index is 13.2. The van der Waals surface area contributed by atoms with E-state index in [0.717, 1.165) is 182 Å². The minimum absolute atomic E-state index is 0.0170. The van der Waals surface area contributed by atoms with Crippen molar-refractivity contribution in [2.24, 2.45) is 11.8 Å². The number of nitrogens with two attached hydrogens (primary N) is 5. The van der Waals surface area contributed by atoms with E-state index in [0.29, 0.717) is 118 Å². The Hall–Kier alpha value is -13.4. The lowest BCUT2D eigenvalue weighted by Crippen LogP contribution is -2.20. The number of anilines is 5. The summed E-state index contributed by atoms with van der Waals surface area (Å²) in [4.78, 5) is 129. The van der Waals surface area contributed by atoms with E-state index in [1.165, 1.54) is 0 Å². The maximum Gasteiger partial charge on any atom is 0.223 e. The highest BCUT2D eigenvalue weighted by Crippen LogP contribution is 2.38. The molecule has 0 atom stereocenters. The molecule has 0 radical (unpaired) electrons. The number of methoxy groups -OCH3 is 5. The molecule has 0 amide bonds. The highest BCUT2D eigenvalue weighted by molar-refractivity contribution is 6.35. The number of rotatable bonds is 24. The van der Waals surface area contributed by atoms with E-state index in [-0.39, 0.29) is 105 Å². The number of fused-ring (bicyclic) bond motifs is 5. The van der Waals surface area contributed by atoms with Gasteiger partial charge in [0.1, 0.15) is 81.4 Å². The number of pyridine rings is 10. The summed E-state index contributed by atoms with van der Waals surface area (Å²) in [7, 11) is 8.22. The molecule has 2 aliphatic rings. The van der Waals surface area contributed by atoms with Gasteiger partial charge in [0.2, 0.25) is 29.7 Å². The van der Waals surface area contributed by atoms with Crippen LogP contribution in [0, 0.1) is 81.1 Å². The molecule has 140 heavy (non-hydrogen) atoms. The van der Waals surface area contributed by atoms with Gasteiger partial charge in [-0.1, -0.05) is 112 Å². The monoisotopic (exact) mass is 2000 g/mol. The van der Waals surface area contributed by atoms with Gasteiger partial charge in [-0.25, -0.2) is 24.9 Å². The van der Waals surface area contributed by atoms with E-state index in [2.05, 4.69) is 88.6 Å². The van der Waals surface area contributed by atoms with E-state index in [9.17, 15) is 24.0 Å². The summed E-state index contributed by atoms with van der Waals surface area (Å²) in [5.41, 5.74) is 47.5. The normalized spacial score (nSPS) is 12.5. The van der Waals surface area contributed by atoms with Crippen molar-refractivity contribution in [3.05, 3.63) is 251 Å². The van der Waals surface area contributed by atoms with Crippen LogP contribution in [0.3, 0.4) is 0 Å². The van der Waals surface area contributed by atoms with Gasteiger partial charge in [-0.2, -0.15) is 24.9 Å². The highest BCUT2D eigenvalue weighted by Gasteiger charge is 2.30. The van der Waals surface area contributed by atoms with Crippen LogP contribution in [0.1, 0.15) is 210 Å². The van der Waals surface area contributed by atoms with Gasteiger partial charge in [0.25, 0.3) is 0 Å². The zero-order valence-electron chi connectivity index (χ0n) is 82.2. The number of halogens is 5. The lowest BCUT2D eigenvalue weighted by atomic mass is 9.98. The van der Waals surface area contributed by atoms with Crippen LogP contribution < -0.4 is 79.5 Å². The van der Waals surface area contributed by atoms with Crippen LogP contribution in [0.15, 0.2) is 85.9 Å². The molecule has 35 nitrogen and oxygen atoms in total. The SMILES string of the molecule is CCCc1cn(Cc2ncc(C)c(OC)c2C)c2nc(N)nc(Cl)c2c1=O.COc1c(C)cnc(Cn2cc(C(C)C)c(=O)c3c(Cl)nc(N)nc32)c1C.COc1c(C)cnc(Cn2cc(C3CCCC3)c(=O)c3c(Cl)nc(N)nc32)c1C.COc1c(C)cnc(Cn2cc(CC3CC3)c(=O)c3c(Cl)nc(N)nc32)c1C.COc1c(C)cnc(Cn2cc(CCC(C)C)c(=O)c3c(Cl)nc(N)nc32)c1C. The number of hydrogen-bond acceptors (Lipinski definition) is 30. The summed E-state index contributed by atoms with van der Waals surface area (Å²) < 4.78 is 37.0. The van der Waals surface area contributed by atoms with Crippen LogP contribution in [-0.2, 0) is 52.0 Å². The van der Waals surface area contributed by atoms with Gasteiger partial charge >= 0.3 is 0 Å². The van der Waals surface area contributed by atoms with Crippen molar-refractivity contribution in [1.82, 2.24) is 97.6 Å². The van der Waals surface area contributed by atoms with Gasteiger partial charge in [0.05, 0.1) is 96.7 Å². The second kappa shape index (κ2) is 44.4. The largest absolute Gasteiger partial charge is 0.496 e. The molecule has 17 rings (SSSR count). The zero-order chi connectivity index (χ0) is 102. The van der Waals surface area contributed by atoms with E-state index in [4.69, 9.17) is 110 Å². The molecule has 15 heterocycles. The third-order valence-electron chi connectivity index (χ3n) is 25.2. The van der Waals surface area contributed by atoms with Crippen LogP contribution in [-0.4, -0.2) is 133 Å². The minimum Gasteiger partial charge on any atom is -0.496 e. The van der Waals surface area contributed by atoms with Crippen molar-refractivity contribution < 1.29 is 23.7 Å². The van der Waals surface area contributed by atoms with Crippen molar-refractivity contribution in [2.75, 3.05) is 64.2 Å². The number of nitrogens with zero attached hydrogens (tertiary/aromatic N) is 20. The third kappa shape index (κ3) is 22.4. The van der Waals surface area contributed by atoms with Gasteiger partial charge in [-0.3, -0.25) is 48.9 Å². The minimum atomic E-state index is -0.174. The molecule has 0 saturated heterocycles. The summed E-state index contributed by atoms with van der Waals surface area (Å²) in [6.07, 6.45) is 28.4. The third-order valence-corrected chi connectivity index (χ3v) is 26.6. The van der Waals surface area contributed by atoms with Gasteiger partial charge < -0.3 is 75.2 Å². The fraction of sp³-hybridized carbons (Fsp3) is 0.400. The lowest BCUT2D eigenvalue weighted by molar-refractivity contribution is 0.406. The van der Waals surface area contributed by atoms with Crippen molar-refractivity contribution >= 4 is 143 Å². The van der Waals surface area contributed by atoms with E-state index < -0.39 is 0 Å². The average Bonchev–Trinajstić information content (AvgIpc) is 0.986. The fourth-order valence-corrected chi connectivity index (χ4v) is 19.1. The zero-order valence-corrected chi connectivity index (χ0v) is 86.0. The maximum absolute atomic E-state index is 13.2. The van der Waals surface area contributed by atoms with Crippen LogP contribution in [0.5, 0.6) is 28.7 Å². The number of aryl methyl sites for hydroxylation is 7. The quantitative estimate of drug-likeness (QED) is 0.0351. The molecule has 0 aliphatic heterocycles. The molecule has 0 bridgehead atoms. The number of ether oxygens (including phenoxy) is 5. The fourth-order valence-electron chi connectivity index (χ4n) is 17.8. The first-order valence-corrected chi connectivity index (χ1v) is 47.7. The molecule has 2 aliphatic carbocycles. The Morgan fingerprint density at radius 2 is 0.614 bits per heavy atom. The molecular weight excluding hydrogens is 1890 g/mol. The number of aromatic nitrogens is 20. The van der Waals surface area contributed by atoms with E-state index >= 15 is 0 Å². The Labute approximate surface area is 833 Å². The number of hydrogen-bond donors (Lipinski definition) is 5. The van der Waals surface area contributed by atoms with Crippen LogP contribution in [0.25, 0.3) is 55.2 Å². The Morgan fingerprint density at radius 1 is 0.350 bits per heavy atom. The molecule has 15 aromatic heterocycles. The molecule has 2 fully saturated rings. The molecule has 0 aromatic carbocycles. The van der Waals surface area contributed by atoms with Crippen molar-refractivity contribution in [1.29, 1.82) is 0 Å². The Morgan fingerprint density at radius 3 is 0.893 bits per heavy atom. The molecule has 10 N–H and O–H groups in total. The molecule has 40 heteroatoms. The highest BCUT2D eigenvalue weighted by atomic mass is 35.5. The standard InChI is InChI=1S/C21H24ClN5O2.C21H26ClN5O2.C20H22ClN5O2.2C19H22ClN5O2/c1-11-8-24-15(12(2)18(11)29-3)10-27-9-14(13-6-4-5-7-13)17(28)16-19(22)25-21(23)26-20(16)27;1-11(2)6-7-14-9-27(10-15-13(4)18(29-5)12(3)8-24-15)20-16(17(14)28)19(22)25-21(23)26-20;1-10-7-23-14(11(2)17(10)28-3)9-26-8-13(6-12-4-5-12)16(27)15-18(21)24-20(22)25-19(15)26;1-9(2)12-7-25(8-13-11(4)16(27-5)10(3)6-22-13)18-14(15(12)26)17(20)23-19(21)24-18;1-5-6-12-8-25(9-13-11(3)16(27-4)10(2)7-22-13)18-14(15(12)26)17(20)23-19(21)24-18/h8-9,13H,4-7,10H2,1-3H3,(H2,23,25,26);8-9,11H,6-7,10H2,1-5H3,(H2,23,25,26);7-8,12H,4-6,9H2,1-3H3,(H2,22,24,25);6-7,9H,8H2,1-5H3,(H2,21,23,24);7-8H,5-6,9H2,1-4H3,(H2,21,23,24). The predicted molar refractivity (Wildman–Crippen MR) is 552 cm³/mol. The summed E-state index contributed by atoms with van der Waals surface area (Å²) in [5, 5.41) is 1.87. The van der Waals surface area contributed by atoms with Gasteiger partial charge in [-0.05, 0) is 144 Å². The smallest absolute Gasteiger partial charge is 0.223 e. The van der Waals surface area contributed by atoms with Crippen molar-refractivity contribution in [3.8, 4) is 28.7 Å². The lowest BCUT2D eigenvalue weighted by Gasteiger charge is -2.18. The molecule has 0 spiro atoms. The Balaban J connectivity index is 0.000000147. The molecule has 2 saturated carbocycles.